The molecule has 0 aromatic carbocycles. The summed E-state index contributed by atoms with van der Waals surface area (Å²) in [6.45, 7) is 9.46. The topological polar surface area (TPSA) is 84.0 Å². The number of fused-ring (bicyclic) bond motifs is 2. The molecule has 3 N–H and O–H groups in total. The molecule has 31 heavy (non-hydrogen) atoms. The summed E-state index contributed by atoms with van der Waals surface area (Å²) in [5.74, 6) is 1.60. The maximum atomic E-state index is 12.0. The summed E-state index contributed by atoms with van der Waals surface area (Å²) < 4.78 is 11.5. The Kier molecular flexibility index (Phi) is 8.03. The first-order chi connectivity index (χ1) is 14.3. The van der Waals surface area contributed by atoms with Gasteiger partial charge in [-0.2, -0.15) is 0 Å². The normalized spacial score (nSPS) is 33.9. The van der Waals surface area contributed by atoms with Crippen molar-refractivity contribution in [3.8, 4) is 0 Å². The van der Waals surface area contributed by atoms with E-state index in [1.54, 1.807) is 0 Å². The third-order valence-corrected chi connectivity index (χ3v) is 7.43. The van der Waals surface area contributed by atoms with Gasteiger partial charge in [-0.25, -0.2) is 4.79 Å². The fourth-order valence-electron chi connectivity index (χ4n) is 5.94. The van der Waals surface area contributed by atoms with Gasteiger partial charge in [-0.3, -0.25) is 4.99 Å². The fraction of sp³-hybridized carbons (Fsp3) is 0.913. The van der Waals surface area contributed by atoms with Gasteiger partial charge in [-0.1, -0.05) is 6.42 Å². The van der Waals surface area contributed by atoms with Crippen molar-refractivity contribution in [1.29, 1.82) is 0 Å². The SMILES string of the molecule is CCN=C(NC1CCC(NC(=O)OC(C)(C)C)CC1)NC1C2CCOC2C12CCC2.I. The largest absolute Gasteiger partial charge is 0.444 e. The Labute approximate surface area is 204 Å². The number of halogens is 1. The smallest absolute Gasteiger partial charge is 0.407 e. The molecule has 3 saturated carbocycles. The zero-order valence-corrected chi connectivity index (χ0v) is 21.9. The highest BCUT2D eigenvalue weighted by atomic mass is 127. The quantitative estimate of drug-likeness (QED) is 0.282. The van der Waals surface area contributed by atoms with Crippen LogP contribution in [0.5, 0.6) is 0 Å². The zero-order valence-electron chi connectivity index (χ0n) is 19.5. The number of carbonyl (C=O) groups is 1. The van der Waals surface area contributed by atoms with E-state index in [-0.39, 0.29) is 36.1 Å². The second kappa shape index (κ2) is 10.0. The molecule has 4 fully saturated rings. The summed E-state index contributed by atoms with van der Waals surface area (Å²) in [7, 11) is 0. The predicted molar refractivity (Wildman–Crippen MR) is 133 cm³/mol. The molecule has 3 atom stereocenters. The van der Waals surface area contributed by atoms with Crippen molar-refractivity contribution in [2.45, 2.75) is 109 Å². The van der Waals surface area contributed by atoms with Crippen LogP contribution in [-0.2, 0) is 9.47 Å². The number of nitrogens with zero attached hydrogens (tertiary/aromatic N) is 1. The van der Waals surface area contributed by atoms with E-state index in [9.17, 15) is 4.79 Å². The van der Waals surface area contributed by atoms with Gasteiger partial charge in [0.05, 0.1) is 6.10 Å². The number of hydrogen-bond donors (Lipinski definition) is 3. The third kappa shape index (κ3) is 5.42. The number of hydrogen-bond acceptors (Lipinski definition) is 4. The molecule has 3 aliphatic carbocycles. The molecule has 4 aliphatic rings. The molecule has 178 valence electrons. The average Bonchev–Trinajstić information content (AvgIpc) is 3.03. The number of carbonyl (C=O) groups excluding carboxylic acids is 1. The number of guanidine groups is 1. The van der Waals surface area contributed by atoms with Crippen LogP contribution in [0, 0.1) is 11.3 Å². The molecule has 1 spiro atoms. The Balaban J connectivity index is 0.00000272. The second-order valence-electron chi connectivity index (χ2n) is 10.6. The molecular weight excluding hydrogens is 507 g/mol. The van der Waals surface area contributed by atoms with Crippen molar-refractivity contribution < 1.29 is 14.3 Å². The van der Waals surface area contributed by atoms with Gasteiger partial charge >= 0.3 is 6.09 Å². The maximum Gasteiger partial charge on any atom is 0.407 e. The number of aliphatic imine (C=N–C) groups is 1. The minimum absolute atomic E-state index is 0. The molecular formula is C23H41IN4O3. The molecule has 4 rings (SSSR count). The molecule has 8 heteroatoms. The highest BCUT2D eigenvalue weighted by Crippen LogP contribution is 2.62. The Bertz CT molecular complexity index is 654. The second-order valence-corrected chi connectivity index (χ2v) is 10.6. The van der Waals surface area contributed by atoms with E-state index in [1.165, 1.54) is 25.7 Å². The van der Waals surface area contributed by atoms with Crippen LogP contribution in [0.25, 0.3) is 0 Å². The van der Waals surface area contributed by atoms with Crippen molar-refractivity contribution in [3.05, 3.63) is 0 Å². The van der Waals surface area contributed by atoms with Gasteiger partial charge in [0.15, 0.2) is 5.96 Å². The van der Waals surface area contributed by atoms with E-state index in [0.29, 0.717) is 29.5 Å². The molecule has 0 aromatic heterocycles. The molecule has 0 bridgehead atoms. The van der Waals surface area contributed by atoms with Crippen molar-refractivity contribution in [1.82, 2.24) is 16.0 Å². The zero-order chi connectivity index (χ0) is 21.4. The summed E-state index contributed by atoms with van der Waals surface area (Å²) >= 11 is 0. The van der Waals surface area contributed by atoms with Crippen LogP contribution in [0.1, 0.15) is 79.1 Å². The third-order valence-electron chi connectivity index (χ3n) is 7.43. The molecule has 1 amide bonds. The monoisotopic (exact) mass is 548 g/mol. The average molecular weight is 549 g/mol. The number of alkyl carbamates (subject to hydrolysis) is 1. The summed E-state index contributed by atoms with van der Waals surface area (Å²) in [6.07, 6.45) is 9.20. The summed E-state index contributed by atoms with van der Waals surface area (Å²) in [5, 5.41) is 10.5. The summed E-state index contributed by atoms with van der Waals surface area (Å²) in [4.78, 5) is 16.8. The number of rotatable bonds is 4. The van der Waals surface area contributed by atoms with Crippen LogP contribution in [0.4, 0.5) is 4.79 Å². The molecule has 1 heterocycles. The Morgan fingerprint density at radius 2 is 1.71 bits per heavy atom. The minimum Gasteiger partial charge on any atom is -0.444 e. The predicted octanol–water partition coefficient (Wildman–Crippen LogP) is 3.95. The summed E-state index contributed by atoms with van der Waals surface area (Å²) in [5.41, 5.74) is -0.102. The van der Waals surface area contributed by atoms with Gasteiger partial charge in [-0.05, 0) is 72.6 Å². The van der Waals surface area contributed by atoms with Gasteiger partial charge < -0.3 is 25.4 Å². The molecule has 3 unspecified atom stereocenters. The number of amides is 1. The number of nitrogens with one attached hydrogen (secondary N) is 3. The fourth-order valence-corrected chi connectivity index (χ4v) is 5.94. The Hall–Kier alpha value is -0.770. The van der Waals surface area contributed by atoms with Gasteiger partial charge in [0, 0.05) is 42.6 Å². The Morgan fingerprint density at radius 1 is 1.06 bits per heavy atom. The minimum atomic E-state index is -0.456. The lowest BCUT2D eigenvalue weighted by Gasteiger charge is -2.63. The standard InChI is InChI=1S/C23H40N4O3.HI/c1-5-24-20(27-18-17-11-14-29-19(17)23(18)12-6-13-23)25-15-7-9-16(10-8-15)26-21(28)30-22(2,3)4;/h15-19H,5-14H2,1-4H3,(H,26,28)(H2,24,25,27);1H. The van der Waals surface area contributed by atoms with Crippen molar-refractivity contribution in [2.24, 2.45) is 16.3 Å². The van der Waals surface area contributed by atoms with Gasteiger partial charge in [0.1, 0.15) is 5.60 Å². The van der Waals surface area contributed by atoms with E-state index in [0.717, 1.165) is 44.8 Å². The van der Waals surface area contributed by atoms with Crippen LogP contribution < -0.4 is 16.0 Å². The first kappa shape index (κ1) is 24.9. The van der Waals surface area contributed by atoms with E-state index < -0.39 is 5.60 Å². The van der Waals surface area contributed by atoms with Crippen molar-refractivity contribution >= 4 is 36.0 Å². The van der Waals surface area contributed by atoms with E-state index in [4.69, 9.17) is 14.5 Å². The van der Waals surface area contributed by atoms with Crippen LogP contribution in [0.15, 0.2) is 4.99 Å². The summed E-state index contributed by atoms with van der Waals surface area (Å²) in [6, 6.07) is 1.09. The van der Waals surface area contributed by atoms with E-state index >= 15 is 0 Å². The lowest BCUT2D eigenvalue weighted by molar-refractivity contribution is -0.171. The van der Waals surface area contributed by atoms with Gasteiger partial charge in [0.2, 0.25) is 0 Å². The van der Waals surface area contributed by atoms with Gasteiger partial charge in [-0.15, -0.1) is 24.0 Å². The highest BCUT2D eigenvalue weighted by Gasteiger charge is 2.66. The van der Waals surface area contributed by atoms with Crippen LogP contribution in [0.3, 0.4) is 0 Å². The van der Waals surface area contributed by atoms with Crippen LogP contribution in [-0.4, -0.2) is 55.0 Å². The maximum absolute atomic E-state index is 12.0. The van der Waals surface area contributed by atoms with E-state index in [2.05, 4.69) is 22.9 Å². The molecule has 7 nitrogen and oxygen atoms in total. The molecule has 0 radical (unpaired) electrons. The first-order valence-electron chi connectivity index (χ1n) is 12.0. The first-order valence-corrected chi connectivity index (χ1v) is 12.0. The molecule has 0 aromatic rings. The lowest BCUT2D eigenvalue weighted by Crippen LogP contribution is -2.72. The van der Waals surface area contributed by atoms with E-state index in [1.807, 2.05) is 20.8 Å². The highest BCUT2D eigenvalue weighted by molar-refractivity contribution is 14.0. The Morgan fingerprint density at radius 3 is 2.26 bits per heavy atom. The van der Waals surface area contributed by atoms with Crippen LogP contribution >= 0.6 is 24.0 Å². The molecule has 1 saturated heterocycles. The number of ether oxygens (including phenoxy) is 2. The lowest BCUT2D eigenvalue weighted by atomic mass is 9.46. The molecule has 1 aliphatic heterocycles. The van der Waals surface area contributed by atoms with Crippen molar-refractivity contribution in [3.63, 3.8) is 0 Å². The van der Waals surface area contributed by atoms with Crippen LogP contribution in [0.2, 0.25) is 0 Å². The van der Waals surface area contributed by atoms with Crippen molar-refractivity contribution in [2.75, 3.05) is 13.2 Å². The van der Waals surface area contributed by atoms with Gasteiger partial charge in [0.25, 0.3) is 0 Å².